The molecule has 2 aromatic rings. The third-order valence-electron chi connectivity index (χ3n) is 3.68. The van der Waals surface area contributed by atoms with Gasteiger partial charge in [-0.15, -0.1) is 0 Å². The van der Waals surface area contributed by atoms with Crippen LogP contribution in [-0.4, -0.2) is 41.7 Å². The van der Waals surface area contributed by atoms with Crippen molar-refractivity contribution < 1.29 is 19.1 Å². The van der Waals surface area contributed by atoms with Crippen LogP contribution in [-0.2, 0) is 4.74 Å². The number of carbonyl (C=O) groups is 1. The maximum atomic E-state index is 10.9. The van der Waals surface area contributed by atoms with Gasteiger partial charge in [-0.05, 0) is 50.2 Å². The van der Waals surface area contributed by atoms with Gasteiger partial charge >= 0.3 is 5.97 Å². The number of benzene rings is 1. The minimum Gasteiger partial charge on any atom is -0.475 e. The summed E-state index contributed by atoms with van der Waals surface area (Å²) in [4.78, 5) is 10.9. The highest BCUT2D eigenvalue weighted by molar-refractivity contribution is 7.80. The fraction of sp³-hybridized carbons (Fsp3) is 0.316. The Labute approximate surface area is 163 Å². The minimum absolute atomic E-state index is 0.0849. The van der Waals surface area contributed by atoms with Gasteiger partial charge in [0.2, 0.25) is 5.76 Å². The van der Waals surface area contributed by atoms with Crippen molar-refractivity contribution in [3.8, 4) is 11.3 Å². The summed E-state index contributed by atoms with van der Waals surface area (Å²) in [5.74, 6) is -0.670. The summed E-state index contributed by atoms with van der Waals surface area (Å²) in [7, 11) is 0. The Kier molecular flexibility index (Phi) is 7.97. The van der Waals surface area contributed by atoms with Gasteiger partial charge in [0.1, 0.15) is 5.76 Å². The second-order valence-electron chi connectivity index (χ2n) is 5.66. The summed E-state index contributed by atoms with van der Waals surface area (Å²) < 4.78 is 10.6. The number of ether oxygens (including phenoxy) is 1. The molecule has 0 bridgehead atoms. The van der Waals surface area contributed by atoms with Crippen LogP contribution < -0.4 is 10.7 Å². The molecule has 0 saturated heterocycles. The van der Waals surface area contributed by atoms with Gasteiger partial charge in [0.05, 0.1) is 5.71 Å². The average molecular weight is 389 g/mol. The van der Waals surface area contributed by atoms with Gasteiger partial charge in [-0.2, -0.15) is 5.10 Å². The number of carboxylic acids is 1. The number of carboxylic acid groups (broad SMARTS) is 1. The van der Waals surface area contributed by atoms with Crippen LogP contribution in [0.4, 0.5) is 0 Å². The van der Waals surface area contributed by atoms with Crippen molar-refractivity contribution in [2.45, 2.75) is 20.3 Å². The molecule has 27 heavy (non-hydrogen) atoms. The van der Waals surface area contributed by atoms with E-state index < -0.39 is 5.97 Å². The van der Waals surface area contributed by atoms with Gasteiger partial charge in [0.15, 0.2) is 5.11 Å². The lowest BCUT2D eigenvalue weighted by Crippen LogP contribution is -2.33. The number of hydrogen-bond acceptors (Lipinski definition) is 5. The number of aromatic carboxylic acids is 1. The zero-order valence-corrected chi connectivity index (χ0v) is 16.1. The molecule has 0 saturated carbocycles. The maximum absolute atomic E-state index is 10.9. The van der Waals surface area contributed by atoms with Crippen molar-refractivity contribution in [2.75, 3.05) is 19.8 Å². The molecule has 0 radical (unpaired) electrons. The van der Waals surface area contributed by atoms with E-state index in [1.54, 1.807) is 6.07 Å². The van der Waals surface area contributed by atoms with E-state index in [0.717, 1.165) is 29.8 Å². The molecule has 0 aliphatic heterocycles. The molecule has 0 atom stereocenters. The Balaban J connectivity index is 1.88. The zero-order valence-electron chi connectivity index (χ0n) is 15.3. The van der Waals surface area contributed by atoms with Crippen LogP contribution in [0.25, 0.3) is 11.3 Å². The van der Waals surface area contributed by atoms with Crippen LogP contribution in [0.5, 0.6) is 0 Å². The van der Waals surface area contributed by atoms with E-state index in [0.29, 0.717) is 24.1 Å². The van der Waals surface area contributed by atoms with E-state index in [-0.39, 0.29) is 5.76 Å². The Morgan fingerprint density at radius 2 is 2.00 bits per heavy atom. The highest BCUT2D eigenvalue weighted by atomic mass is 32.1. The second kappa shape index (κ2) is 10.4. The van der Waals surface area contributed by atoms with Crippen molar-refractivity contribution >= 4 is 29.0 Å². The SMILES string of the molecule is CCOCCCNC(=S)N/N=C(/C)c1ccc(-c2ccc(C(=O)O)o2)cc1. The monoisotopic (exact) mass is 389 g/mol. The number of nitrogens with one attached hydrogen (secondary N) is 2. The molecule has 1 heterocycles. The number of hydrazone groups is 1. The number of hydrogen-bond donors (Lipinski definition) is 3. The molecular formula is C19H23N3O4S. The first-order valence-corrected chi connectivity index (χ1v) is 9.02. The van der Waals surface area contributed by atoms with Gasteiger partial charge < -0.3 is 19.6 Å². The lowest BCUT2D eigenvalue weighted by molar-refractivity contribution is 0.0663. The van der Waals surface area contributed by atoms with Gasteiger partial charge in [0.25, 0.3) is 0 Å². The second-order valence-corrected chi connectivity index (χ2v) is 6.07. The molecule has 1 aromatic carbocycles. The number of furan rings is 1. The first-order chi connectivity index (χ1) is 13.0. The van der Waals surface area contributed by atoms with Crippen LogP contribution >= 0.6 is 12.2 Å². The molecule has 0 aliphatic rings. The minimum atomic E-state index is -1.09. The predicted octanol–water partition coefficient (Wildman–Crippen LogP) is 3.26. The molecule has 3 N–H and O–H groups in total. The molecular weight excluding hydrogens is 366 g/mol. The van der Waals surface area contributed by atoms with Gasteiger partial charge in [-0.25, -0.2) is 4.79 Å². The number of nitrogens with zero attached hydrogens (tertiary/aromatic N) is 1. The topological polar surface area (TPSA) is 96.1 Å². The normalized spacial score (nSPS) is 11.3. The molecule has 7 nitrogen and oxygen atoms in total. The number of thiocarbonyl (C=S) groups is 1. The third-order valence-corrected chi connectivity index (χ3v) is 3.92. The van der Waals surface area contributed by atoms with Crippen molar-refractivity contribution in [1.29, 1.82) is 0 Å². The fourth-order valence-electron chi connectivity index (χ4n) is 2.24. The average Bonchev–Trinajstić information content (AvgIpc) is 3.16. The van der Waals surface area contributed by atoms with Crippen LogP contribution in [0.3, 0.4) is 0 Å². The van der Waals surface area contributed by atoms with E-state index in [9.17, 15) is 4.79 Å². The van der Waals surface area contributed by atoms with Crippen LogP contribution in [0.15, 0.2) is 45.9 Å². The van der Waals surface area contributed by atoms with E-state index in [4.69, 9.17) is 26.5 Å². The summed E-state index contributed by atoms with van der Waals surface area (Å²) in [6.45, 7) is 5.97. The molecule has 8 heteroatoms. The Hall–Kier alpha value is -2.71. The lowest BCUT2D eigenvalue weighted by atomic mass is 10.1. The molecule has 144 valence electrons. The molecule has 0 fully saturated rings. The molecule has 0 unspecified atom stereocenters. The Morgan fingerprint density at radius 1 is 1.26 bits per heavy atom. The molecule has 0 aliphatic carbocycles. The molecule has 1 aromatic heterocycles. The summed E-state index contributed by atoms with van der Waals surface area (Å²) in [6, 6.07) is 10.5. The quantitative estimate of drug-likeness (QED) is 0.262. The lowest BCUT2D eigenvalue weighted by Gasteiger charge is -2.08. The highest BCUT2D eigenvalue weighted by Crippen LogP contribution is 2.22. The van der Waals surface area contributed by atoms with E-state index in [1.165, 1.54) is 6.07 Å². The van der Waals surface area contributed by atoms with Crippen molar-refractivity contribution in [3.05, 3.63) is 47.7 Å². The van der Waals surface area contributed by atoms with Gasteiger partial charge in [0, 0.05) is 25.3 Å². The van der Waals surface area contributed by atoms with Crippen molar-refractivity contribution in [1.82, 2.24) is 10.7 Å². The van der Waals surface area contributed by atoms with Crippen LogP contribution in [0.1, 0.15) is 36.4 Å². The summed E-state index contributed by atoms with van der Waals surface area (Å²) in [6.07, 6.45) is 0.871. The highest BCUT2D eigenvalue weighted by Gasteiger charge is 2.10. The first kappa shape index (κ1) is 20.6. The van der Waals surface area contributed by atoms with Crippen molar-refractivity contribution in [3.63, 3.8) is 0 Å². The molecule has 0 amide bonds. The summed E-state index contributed by atoms with van der Waals surface area (Å²) >= 11 is 5.18. The summed E-state index contributed by atoms with van der Waals surface area (Å²) in [5, 5.41) is 16.7. The smallest absolute Gasteiger partial charge is 0.371 e. The van der Waals surface area contributed by atoms with Crippen molar-refractivity contribution in [2.24, 2.45) is 5.10 Å². The number of rotatable bonds is 9. The summed E-state index contributed by atoms with van der Waals surface area (Å²) in [5.41, 5.74) is 5.29. The van der Waals surface area contributed by atoms with Gasteiger partial charge in [-0.3, -0.25) is 5.43 Å². The standard InChI is InChI=1S/C19H23N3O4S/c1-3-25-12-4-11-20-19(27)22-21-13(2)14-5-7-15(8-6-14)16-9-10-17(26-16)18(23)24/h5-10H,3-4,11-12H2,1-2H3,(H,23,24)(H2,20,22,27)/b21-13-. The van der Waals surface area contributed by atoms with Crippen LogP contribution in [0.2, 0.25) is 0 Å². The predicted molar refractivity (Wildman–Crippen MR) is 108 cm³/mol. The Bertz CT molecular complexity index is 800. The molecule has 2 rings (SSSR count). The van der Waals surface area contributed by atoms with E-state index in [2.05, 4.69) is 15.8 Å². The largest absolute Gasteiger partial charge is 0.475 e. The Morgan fingerprint density at radius 3 is 2.63 bits per heavy atom. The molecule has 0 spiro atoms. The zero-order chi connectivity index (χ0) is 19.6. The third kappa shape index (κ3) is 6.50. The maximum Gasteiger partial charge on any atom is 0.371 e. The van der Waals surface area contributed by atoms with E-state index >= 15 is 0 Å². The fourth-order valence-corrected chi connectivity index (χ4v) is 2.39. The van der Waals surface area contributed by atoms with E-state index in [1.807, 2.05) is 38.1 Å². The van der Waals surface area contributed by atoms with Gasteiger partial charge in [-0.1, -0.05) is 24.3 Å². The van der Waals surface area contributed by atoms with Crippen LogP contribution in [0, 0.1) is 0 Å². The first-order valence-electron chi connectivity index (χ1n) is 8.61.